The van der Waals surface area contributed by atoms with Crippen molar-refractivity contribution in [1.29, 1.82) is 0 Å². The van der Waals surface area contributed by atoms with Crippen LogP contribution < -0.4 is 26.0 Å². The molecular weight excluding hydrogens is 560 g/mol. The van der Waals surface area contributed by atoms with E-state index in [0.717, 1.165) is 0 Å². The number of benzene rings is 1. The van der Waals surface area contributed by atoms with E-state index in [9.17, 15) is 19.2 Å². The summed E-state index contributed by atoms with van der Waals surface area (Å²) in [5.41, 5.74) is -0.199. The van der Waals surface area contributed by atoms with Crippen molar-refractivity contribution in [2.75, 3.05) is 27.9 Å². The van der Waals surface area contributed by atoms with Gasteiger partial charge in [0.1, 0.15) is 35.6 Å². The number of nitrogens with one attached hydrogen (secondary N) is 4. The number of hydrogen-bond donors (Lipinski definition) is 4. The lowest BCUT2D eigenvalue weighted by atomic mass is 9.92. The molecule has 44 heavy (non-hydrogen) atoms. The van der Waals surface area contributed by atoms with Crippen molar-refractivity contribution in [2.24, 2.45) is 10.8 Å². The highest BCUT2D eigenvalue weighted by Gasteiger charge is 2.19. The number of ether oxygens (including phenoxy) is 1. The van der Waals surface area contributed by atoms with Crippen LogP contribution in [0.3, 0.4) is 0 Å². The number of aromatic nitrogens is 2. The fraction of sp³-hybridized carbons (Fsp3) is 0.333. The summed E-state index contributed by atoms with van der Waals surface area (Å²) in [4.78, 5) is 59.7. The topological polar surface area (TPSA) is 151 Å². The molecule has 2 heterocycles. The van der Waals surface area contributed by atoms with Gasteiger partial charge < -0.3 is 26.0 Å². The molecule has 11 nitrogen and oxygen atoms in total. The van der Waals surface area contributed by atoms with Gasteiger partial charge in [-0.1, -0.05) is 59.6 Å². The summed E-state index contributed by atoms with van der Waals surface area (Å²) < 4.78 is 5.52. The minimum atomic E-state index is -0.572. The van der Waals surface area contributed by atoms with Crippen LogP contribution in [0, 0.1) is 23.2 Å². The Morgan fingerprint density at radius 2 is 1.07 bits per heavy atom. The smallest absolute Gasteiger partial charge is 0.256 e. The van der Waals surface area contributed by atoms with E-state index in [1.165, 1.54) is 18.2 Å². The molecule has 3 rings (SSSR count). The molecule has 0 unspecified atom stereocenters. The first-order valence-corrected chi connectivity index (χ1v) is 14.0. The normalized spacial score (nSPS) is 11.1. The fourth-order valence-corrected chi connectivity index (χ4v) is 3.93. The first-order valence-electron chi connectivity index (χ1n) is 14.0. The van der Waals surface area contributed by atoms with Crippen LogP contribution in [-0.4, -0.2) is 40.2 Å². The Morgan fingerprint density at radius 1 is 0.682 bits per heavy atom. The van der Waals surface area contributed by atoms with Crippen LogP contribution in [0.2, 0.25) is 0 Å². The van der Waals surface area contributed by atoms with Crippen molar-refractivity contribution in [3.05, 3.63) is 65.7 Å². The van der Waals surface area contributed by atoms with Crippen LogP contribution >= 0.6 is 0 Å². The summed E-state index contributed by atoms with van der Waals surface area (Å²) in [5.74, 6) is 1.97. The highest BCUT2D eigenvalue weighted by molar-refractivity contribution is 6.09. The summed E-state index contributed by atoms with van der Waals surface area (Å²) in [6.45, 7) is 11.6. The standard InChI is InChI=1S/C33H38N6O5/c1-8-15-44-23-17-21(30(42)38-26-13-9-11-24(34-26)36-28(40)19-32(2,3)4)16-22(18-23)31(43)39-27-14-10-12-25(35-27)37-29(41)20-33(5,6)7/h1,9-14,16-18H,15,19-20H2,2-7H3,(H2,34,36,38,40,42)(H2,35,37,39,41,43). The van der Waals surface area contributed by atoms with Gasteiger partial charge in [0.2, 0.25) is 11.8 Å². The van der Waals surface area contributed by atoms with Gasteiger partial charge in [0.05, 0.1) is 0 Å². The van der Waals surface area contributed by atoms with Crippen LogP contribution in [0.5, 0.6) is 5.75 Å². The number of terminal acetylenes is 1. The molecule has 0 radical (unpaired) electrons. The number of carbonyl (C=O) groups excluding carboxylic acids is 4. The number of rotatable bonds is 10. The second-order valence-electron chi connectivity index (χ2n) is 12.5. The molecule has 0 aliphatic heterocycles. The van der Waals surface area contributed by atoms with Crippen molar-refractivity contribution in [3.63, 3.8) is 0 Å². The molecule has 2 aromatic heterocycles. The van der Waals surface area contributed by atoms with E-state index in [2.05, 4.69) is 37.2 Å². The predicted octanol–water partition coefficient (Wildman–Crippen LogP) is 5.74. The Bertz CT molecular complexity index is 1470. The molecule has 4 N–H and O–H groups in total. The quantitative estimate of drug-likeness (QED) is 0.217. The first-order chi connectivity index (χ1) is 20.6. The minimum absolute atomic E-state index is 0.0815. The van der Waals surface area contributed by atoms with Crippen LogP contribution in [0.4, 0.5) is 23.3 Å². The Hall–Kier alpha value is -5.24. The first kappa shape index (κ1) is 33.3. The zero-order valence-electron chi connectivity index (χ0n) is 25.8. The molecule has 0 fully saturated rings. The minimum Gasteiger partial charge on any atom is -0.481 e. The van der Waals surface area contributed by atoms with Crippen molar-refractivity contribution in [3.8, 4) is 18.1 Å². The van der Waals surface area contributed by atoms with Crippen molar-refractivity contribution in [2.45, 2.75) is 54.4 Å². The molecule has 11 heteroatoms. The van der Waals surface area contributed by atoms with Gasteiger partial charge in [-0.15, -0.1) is 6.42 Å². The molecule has 4 amide bonds. The maximum Gasteiger partial charge on any atom is 0.256 e. The number of hydrogen-bond acceptors (Lipinski definition) is 7. The molecule has 0 spiro atoms. The fourth-order valence-electron chi connectivity index (χ4n) is 3.93. The summed E-state index contributed by atoms with van der Waals surface area (Å²) >= 11 is 0. The van der Waals surface area contributed by atoms with Gasteiger partial charge >= 0.3 is 0 Å². The number of anilines is 4. The molecule has 1 aromatic carbocycles. The van der Waals surface area contributed by atoms with E-state index >= 15 is 0 Å². The van der Waals surface area contributed by atoms with E-state index in [4.69, 9.17) is 11.2 Å². The molecule has 0 saturated heterocycles. The predicted molar refractivity (Wildman–Crippen MR) is 171 cm³/mol. The van der Waals surface area contributed by atoms with Crippen molar-refractivity contribution in [1.82, 2.24) is 9.97 Å². The van der Waals surface area contributed by atoms with Crippen LogP contribution in [0.1, 0.15) is 75.1 Å². The van der Waals surface area contributed by atoms with Gasteiger partial charge in [0, 0.05) is 24.0 Å². The number of pyridine rings is 2. The third kappa shape index (κ3) is 11.2. The lowest BCUT2D eigenvalue weighted by Crippen LogP contribution is -2.21. The van der Waals surface area contributed by atoms with E-state index in [1.54, 1.807) is 36.4 Å². The van der Waals surface area contributed by atoms with Crippen LogP contribution in [0.25, 0.3) is 0 Å². The Balaban J connectivity index is 1.78. The van der Waals surface area contributed by atoms with Crippen LogP contribution in [-0.2, 0) is 9.59 Å². The summed E-state index contributed by atoms with van der Waals surface area (Å²) in [5, 5.41) is 10.8. The average molecular weight is 599 g/mol. The third-order valence-corrected chi connectivity index (χ3v) is 5.65. The number of nitrogens with zero attached hydrogens (tertiary/aromatic N) is 2. The average Bonchev–Trinajstić information content (AvgIpc) is 2.90. The highest BCUT2D eigenvalue weighted by atomic mass is 16.5. The van der Waals surface area contributed by atoms with Gasteiger partial charge in [-0.3, -0.25) is 19.2 Å². The Labute approximate surface area is 257 Å². The van der Waals surface area contributed by atoms with Gasteiger partial charge in [-0.2, -0.15) is 0 Å². The molecule has 0 bridgehead atoms. The van der Waals surface area contributed by atoms with Gasteiger partial charge in [0.25, 0.3) is 11.8 Å². The van der Waals surface area contributed by atoms with Gasteiger partial charge in [-0.05, 0) is 53.3 Å². The van der Waals surface area contributed by atoms with E-state index in [0.29, 0.717) is 12.8 Å². The maximum atomic E-state index is 13.2. The van der Waals surface area contributed by atoms with Gasteiger partial charge in [0.15, 0.2) is 0 Å². The maximum absolute atomic E-state index is 13.2. The molecule has 0 aliphatic rings. The highest BCUT2D eigenvalue weighted by Crippen LogP contribution is 2.23. The molecule has 3 aromatic rings. The van der Waals surface area contributed by atoms with E-state index in [1.807, 2.05) is 41.5 Å². The monoisotopic (exact) mass is 598 g/mol. The largest absolute Gasteiger partial charge is 0.481 e. The molecule has 230 valence electrons. The van der Waals surface area contributed by atoms with Crippen LogP contribution in [0.15, 0.2) is 54.6 Å². The Kier molecular flexibility index (Phi) is 10.8. The zero-order valence-corrected chi connectivity index (χ0v) is 25.8. The second kappa shape index (κ2) is 14.3. The molecule has 0 atom stereocenters. The SMILES string of the molecule is C#CCOc1cc(C(=O)Nc2cccc(NC(=O)CC(C)(C)C)n2)cc(C(=O)Nc2cccc(NC(=O)CC(C)(C)C)n2)c1. The van der Waals surface area contributed by atoms with E-state index in [-0.39, 0.29) is 69.4 Å². The summed E-state index contributed by atoms with van der Waals surface area (Å²) in [7, 11) is 0. The summed E-state index contributed by atoms with van der Waals surface area (Å²) in [6, 6.07) is 13.9. The van der Waals surface area contributed by atoms with E-state index < -0.39 is 11.8 Å². The lowest BCUT2D eigenvalue weighted by Gasteiger charge is -2.17. The molecular formula is C33H38N6O5. The second-order valence-corrected chi connectivity index (χ2v) is 12.5. The molecule has 0 aliphatic carbocycles. The third-order valence-electron chi connectivity index (χ3n) is 5.65. The van der Waals surface area contributed by atoms with Crippen molar-refractivity contribution >= 4 is 46.9 Å². The number of carbonyl (C=O) groups is 4. The summed E-state index contributed by atoms with van der Waals surface area (Å²) in [6.07, 6.45) is 5.93. The zero-order chi connectivity index (χ0) is 32.5. The van der Waals surface area contributed by atoms with Gasteiger partial charge in [-0.25, -0.2) is 9.97 Å². The number of amides is 4. The Morgan fingerprint density at radius 3 is 1.43 bits per heavy atom. The van der Waals surface area contributed by atoms with Crippen molar-refractivity contribution < 1.29 is 23.9 Å². The lowest BCUT2D eigenvalue weighted by molar-refractivity contribution is -0.118. The molecule has 0 saturated carbocycles.